The van der Waals surface area contributed by atoms with Crippen LogP contribution in [0, 0.1) is 18.3 Å². The minimum absolute atomic E-state index is 0.158. The van der Waals surface area contributed by atoms with Gasteiger partial charge in [-0.3, -0.25) is 4.90 Å². The predicted octanol–water partition coefficient (Wildman–Crippen LogP) is 1.33. The van der Waals surface area contributed by atoms with E-state index in [0.717, 1.165) is 19.0 Å². The van der Waals surface area contributed by atoms with Crippen molar-refractivity contribution in [1.29, 1.82) is 0 Å². The summed E-state index contributed by atoms with van der Waals surface area (Å²) in [6.45, 7) is 7.41. The highest BCUT2D eigenvalue weighted by atomic mass is 15.2. The number of hydrogen-bond acceptors (Lipinski definition) is 2. The summed E-state index contributed by atoms with van der Waals surface area (Å²) in [4.78, 5) is 2.38. The van der Waals surface area contributed by atoms with Gasteiger partial charge in [-0.15, -0.1) is 6.42 Å². The summed E-state index contributed by atoms with van der Waals surface area (Å²) < 4.78 is 0. The Morgan fingerprint density at radius 2 is 2.14 bits per heavy atom. The molecule has 1 rings (SSSR count). The van der Waals surface area contributed by atoms with Crippen molar-refractivity contribution < 1.29 is 0 Å². The van der Waals surface area contributed by atoms with Crippen molar-refractivity contribution in [1.82, 2.24) is 10.2 Å². The van der Waals surface area contributed by atoms with Crippen molar-refractivity contribution in [3.63, 3.8) is 0 Å². The Morgan fingerprint density at radius 1 is 1.50 bits per heavy atom. The highest BCUT2D eigenvalue weighted by molar-refractivity contribution is 4.93. The quantitative estimate of drug-likeness (QED) is 0.642. The SMILES string of the molecule is C#CCN(CC1CC1)CC(C)(C)NC. The lowest BCUT2D eigenvalue weighted by Crippen LogP contribution is -2.48. The van der Waals surface area contributed by atoms with E-state index >= 15 is 0 Å². The molecule has 0 heterocycles. The zero-order valence-electron chi connectivity index (χ0n) is 9.64. The van der Waals surface area contributed by atoms with E-state index in [9.17, 15) is 0 Å². The lowest BCUT2D eigenvalue weighted by atomic mass is 10.1. The van der Waals surface area contributed by atoms with Crippen molar-refractivity contribution in [3.8, 4) is 12.3 Å². The Morgan fingerprint density at radius 3 is 2.57 bits per heavy atom. The minimum Gasteiger partial charge on any atom is -0.314 e. The van der Waals surface area contributed by atoms with E-state index in [1.807, 2.05) is 7.05 Å². The van der Waals surface area contributed by atoms with Crippen LogP contribution in [0.5, 0.6) is 0 Å². The number of rotatable bonds is 6. The predicted molar refractivity (Wildman–Crippen MR) is 61.1 cm³/mol. The maximum absolute atomic E-state index is 5.37. The fraction of sp³-hybridized carbons (Fsp3) is 0.833. The van der Waals surface area contributed by atoms with Crippen LogP contribution < -0.4 is 5.32 Å². The van der Waals surface area contributed by atoms with Gasteiger partial charge in [0.2, 0.25) is 0 Å². The van der Waals surface area contributed by atoms with Crippen molar-refractivity contribution in [2.45, 2.75) is 32.2 Å². The molecule has 0 spiro atoms. The van der Waals surface area contributed by atoms with E-state index in [1.165, 1.54) is 19.4 Å². The van der Waals surface area contributed by atoms with E-state index in [2.05, 4.69) is 30.0 Å². The van der Waals surface area contributed by atoms with Crippen molar-refractivity contribution in [2.75, 3.05) is 26.7 Å². The number of hydrogen-bond donors (Lipinski definition) is 1. The van der Waals surface area contributed by atoms with Gasteiger partial charge in [0.25, 0.3) is 0 Å². The molecular weight excluding hydrogens is 172 g/mol. The highest BCUT2D eigenvalue weighted by Gasteiger charge is 2.26. The maximum atomic E-state index is 5.37. The van der Waals surface area contributed by atoms with E-state index in [4.69, 9.17) is 6.42 Å². The molecule has 2 nitrogen and oxygen atoms in total. The van der Waals surface area contributed by atoms with Crippen LogP contribution in [0.15, 0.2) is 0 Å². The second-order valence-electron chi connectivity index (χ2n) is 4.95. The molecule has 1 aliphatic carbocycles. The lowest BCUT2D eigenvalue weighted by molar-refractivity contribution is 0.220. The third kappa shape index (κ3) is 4.13. The number of likely N-dealkylation sites (N-methyl/N-ethyl adjacent to an activating group) is 1. The highest BCUT2D eigenvalue weighted by Crippen LogP contribution is 2.29. The molecule has 1 aliphatic rings. The summed E-state index contributed by atoms with van der Waals surface area (Å²) in [5.74, 6) is 3.66. The van der Waals surface area contributed by atoms with E-state index in [-0.39, 0.29) is 5.54 Å². The zero-order chi connectivity index (χ0) is 10.6. The molecule has 1 N–H and O–H groups in total. The normalized spacial score (nSPS) is 17.1. The summed E-state index contributed by atoms with van der Waals surface area (Å²) in [6.07, 6.45) is 8.15. The molecule has 14 heavy (non-hydrogen) atoms. The number of terminal acetylenes is 1. The van der Waals surface area contributed by atoms with Crippen molar-refractivity contribution >= 4 is 0 Å². The van der Waals surface area contributed by atoms with Gasteiger partial charge in [0.1, 0.15) is 0 Å². The molecule has 0 aromatic carbocycles. The first-order valence-corrected chi connectivity index (χ1v) is 5.42. The Bertz CT molecular complexity index is 211. The molecule has 0 aliphatic heterocycles. The monoisotopic (exact) mass is 194 g/mol. The van der Waals surface area contributed by atoms with Crippen LogP contribution in [0.1, 0.15) is 26.7 Å². The third-order valence-corrected chi connectivity index (χ3v) is 2.82. The van der Waals surface area contributed by atoms with Crippen LogP contribution >= 0.6 is 0 Å². The van der Waals surface area contributed by atoms with Crippen LogP contribution in [-0.2, 0) is 0 Å². The first-order valence-electron chi connectivity index (χ1n) is 5.42. The molecule has 0 atom stereocenters. The fourth-order valence-corrected chi connectivity index (χ4v) is 1.62. The summed E-state index contributed by atoms with van der Waals surface area (Å²) in [5, 5.41) is 3.31. The summed E-state index contributed by atoms with van der Waals surface area (Å²) in [5.41, 5.74) is 0.158. The molecule has 1 saturated carbocycles. The van der Waals surface area contributed by atoms with Gasteiger partial charge in [-0.2, -0.15) is 0 Å². The second kappa shape index (κ2) is 4.82. The second-order valence-corrected chi connectivity index (χ2v) is 4.95. The fourth-order valence-electron chi connectivity index (χ4n) is 1.62. The van der Waals surface area contributed by atoms with Gasteiger partial charge < -0.3 is 5.32 Å². The molecular formula is C12H22N2. The average Bonchev–Trinajstić information content (AvgIpc) is 2.88. The molecule has 0 saturated heterocycles. The summed E-state index contributed by atoms with van der Waals surface area (Å²) in [7, 11) is 2.01. The first-order chi connectivity index (χ1) is 6.57. The van der Waals surface area contributed by atoms with Crippen LogP contribution in [0.3, 0.4) is 0 Å². The maximum Gasteiger partial charge on any atom is 0.0599 e. The van der Waals surface area contributed by atoms with Crippen LogP contribution in [0.2, 0.25) is 0 Å². The summed E-state index contributed by atoms with van der Waals surface area (Å²) >= 11 is 0. The molecule has 0 radical (unpaired) electrons. The van der Waals surface area contributed by atoms with Crippen molar-refractivity contribution in [2.24, 2.45) is 5.92 Å². The van der Waals surface area contributed by atoms with E-state index in [0.29, 0.717) is 0 Å². The van der Waals surface area contributed by atoms with E-state index < -0.39 is 0 Å². The smallest absolute Gasteiger partial charge is 0.0599 e. The van der Waals surface area contributed by atoms with Gasteiger partial charge in [0, 0.05) is 18.6 Å². The zero-order valence-corrected chi connectivity index (χ0v) is 9.64. The molecule has 0 aromatic rings. The van der Waals surface area contributed by atoms with Gasteiger partial charge in [0.05, 0.1) is 6.54 Å². The average molecular weight is 194 g/mol. The Balaban J connectivity index is 2.37. The van der Waals surface area contributed by atoms with Gasteiger partial charge in [-0.25, -0.2) is 0 Å². The standard InChI is InChI=1S/C12H22N2/c1-5-8-14(9-11-6-7-11)10-12(2,3)13-4/h1,11,13H,6-10H2,2-4H3. The van der Waals surface area contributed by atoms with Crippen molar-refractivity contribution in [3.05, 3.63) is 0 Å². The van der Waals surface area contributed by atoms with Crippen LogP contribution in [-0.4, -0.2) is 37.1 Å². The topological polar surface area (TPSA) is 15.3 Å². The van der Waals surface area contributed by atoms with Gasteiger partial charge >= 0.3 is 0 Å². The molecule has 0 aromatic heterocycles. The molecule has 0 amide bonds. The Hall–Kier alpha value is -0.520. The van der Waals surface area contributed by atoms with Gasteiger partial charge in [0.15, 0.2) is 0 Å². The lowest BCUT2D eigenvalue weighted by Gasteiger charge is -2.31. The van der Waals surface area contributed by atoms with Crippen LogP contribution in [0.25, 0.3) is 0 Å². The van der Waals surface area contributed by atoms with E-state index in [1.54, 1.807) is 0 Å². The first kappa shape index (κ1) is 11.6. The molecule has 2 heteroatoms. The molecule has 0 unspecified atom stereocenters. The largest absolute Gasteiger partial charge is 0.314 e. The Kier molecular flexibility index (Phi) is 3.97. The molecule has 1 fully saturated rings. The number of nitrogens with one attached hydrogen (secondary N) is 1. The summed E-state index contributed by atoms with van der Waals surface area (Å²) in [6, 6.07) is 0. The van der Waals surface area contributed by atoms with Crippen LogP contribution in [0.4, 0.5) is 0 Å². The number of nitrogens with zero attached hydrogens (tertiary/aromatic N) is 1. The minimum atomic E-state index is 0.158. The van der Waals surface area contributed by atoms with Gasteiger partial charge in [-0.1, -0.05) is 5.92 Å². The third-order valence-electron chi connectivity index (χ3n) is 2.82. The van der Waals surface area contributed by atoms with Gasteiger partial charge in [-0.05, 0) is 39.7 Å². The molecule has 0 bridgehead atoms. The molecule has 80 valence electrons. The Labute approximate surface area is 88.1 Å².